The van der Waals surface area contributed by atoms with Crippen molar-refractivity contribution < 1.29 is 28.2 Å². The third-order valence-corrected chi connectivity index (χ3v) is 4.98. The van der Waals surface area contributed by atoms with E-state index in [0.29, 0.717) is 17.2 Å². The highest BCUT2D eigenvalue weighted by Gasteiger charge is 2.25. The lowest BCUT2D eigenvalue weighted by Crippen LogP contribution is -2.25. The van der Waals surface area contributed by atoms with Gasteiger partial charge in [-0.2, -0.15) is 9.78 Å². The van der Waals surface area contributed by atoms with Gasteiger partial charge in [-0.25, -0.2) is 4.79 Å². The van der Waals surface area contributed by atoms with Gasteiger partial charge < -0.3 is 18.6 Å². The molecule has 1 aliphatic rings. The number of amides is 1. The number of hydrogen-bond donors (Lipinski definition) is 1. The van der Waals surface area contributed by atoms with Gasteiger partial charge in [0.1, 0.15) is 11.6 Å². The molecule has 3 heterocycles. The smallest absolute Gasteiger partial charge is 0.359 e. The highest BCUT2D eigenvalue weighted by atomic mass is 16.7. The van der Waals surface area contributed by atoms with E-state index in [1.807, 2.05) is 0 Å². The minimum atomic E-state index is -0.721. The number of para-hydroxylation sites is 1. The molecule has 2 aromatic heterocycles. The summed E-state index contributed by atoms with van der Waals surface area (Å²) in [5.41, 5.74) is 0.0256. The second kappa shape index (κ2) is 8.15. The summed E-state index contributed by atoms with van der Waals surface area (Å²) in [7, 11) is 0. The lowest BCUT2D eigenvalue weighted by molar-refractivity contribution is 0.0519. The standard InChI is InChI=1S/C23H17N3O7/c1-2-30-23(29)19-15-11-31-21(18(15)22(28)26(25-19)14-6-4-3-5-7-14)24-20(27)13-8-9-16-17(10-13)33-12-32-16/h3-11H,2,12H2,1H3,(H,24,27). The Morgan fingerprint density at radius 1 is 1.12 bits per heavy atom. The lowest BCUT2D eigenvalue weighted by atomic mass is 10.2. The van der Waals surface area contributed by atoms with Gasteiger partial charge >= 0.3 is 5.97 Å². The number of benzene rings is 2. The lowest BCUT2D eigenvalue weighted by Gasteiger charge is -2.09. The van der Waals surface area contributed by atoms with Crippen LogP contribution in [0.3, 0.4) is 0 Å². The fourth-order valence-electron chi connectivity index (χ4n) is 3.45. The van der Waals surface area contributed by atoms with Gasteiger partial charge in [0.2, 0.25) is 12.7 Å². The summed E-state index contributed by atoms with van der Waals surface area (Å²) < 4.78 is 22.2. The van der Waals surface area contributed by atoms with E-state index < -0.39 is 17.4 Å². The zero-order valence-electron chi connectivity index (χ0n) is 17.4. The Balaban J connectivity index is 1.61. The van der Waals surface area contributed by atoms with Crippen molar-refractivity contribution in [1.82, 2.24) is 9.78 Å². The van der Waals surface area contributed by atoms with Gasteiger partial charge in [0.15, 0.2) is 17.2 Å². The number of aromatic nitrogens is 2. The fraction of sp³-hybridized carbons (Fsp3) is 0.130. The number of rotatable bonds is 5. The quantitative estimate of drug-likeness (QED) is 0.463. The first-order valence-corrected chi connectivity index (χ1v) is 10.0. The van der Waals surface area contributed by atoms with Crippen molar-refractivity contribution in [2.24, 2.45) is 0 Å². The van der Waals surface area contributed by atoms with E-state index in [2.05, 4.69) is 10.4 Å². The Kier molecular flexibility index (Phi) is 5.02. The van der Waals surface area contributed by atoms with Crippen LogP contribution in [0, 0.1) is 0 Å². The minimum Gasteiger partial charge on any atom is -0.461 e. The molecule has 1 amide bonds. The minimum absolute atomic E-state index is 0.00833. The molecular formula is C23H17N3O7. The third kappa shape index (κ3) is 3.57. The van der Waals surface area contributed by atoms with Crippen molar-refractivity contribution in [1.29, 1.82) is 0 Å². The van der Waals surface area contributed by atoms with Crippen LogP contribution in [0.5, 0.6) is 11.5 Å². The summed E-state index contributed by atoms with van der Waals surface area (Å²) in [6.45, 7) is 1.86. The molecule has 2 aromatic carbocycles. The molecule has 166 valence electrons. The zero-order chi connectivity index (χ0) is 22.9. The van der Waals surface area contributed by atoms with Gasteiger partial charge in [-0.3, -0.25) is 14.9 Å². The molecule has 4 aromatic rings. The largest absolute Gasteiger partial charge is 0.461 e. The number of anilines is 1. The molecule has 0 atom stereocenters. The average molecular weight is 447 g/mol. The van der Waals surface area contributed by atoms with Crippen molar-refractivity contribution in [3.8, 4) is 17.2 Å². The Labute approximate surface area is 186 Å². The monoisotopic (exact) mass is 447 g/mol. The molecule has 5 rings (SSSR count). The van der Waals surface area contributed by atoms with Crippen LogP contribution < -0.4 is 20.3 Å². The number of ether oxygens (including phenoxy) is 3. The number of furan rings is 1. The zero-order valence-corrected chi connectivity index (χ0v) is 17.4. The van der Waals surface area contributed by atoms with Crippen LogP contribution in [-0.4, -0.2) is 35.1 Å². The number of esters is 1. The highest BCUT2D eigenvalue weighted by molar-refractivity contribution is 6.11. The molecule has 10 nitrogen and oxygen atoms in total. The molecule has 0 saturated carbocycles. The highest BCUT2D eigenvalue weighted by Crippen LogP contribution is 2.33. The van der Waals surface area contributed by atoms with Gasteiger partial charge in [-0.15, -0.1) is 0 Å². The maximum atomic E-state index is 13.3. The van der Waals surface area contributed by atoms with Gasteiger partial charge in [0.05, 0.1) is 17.7 Å². The van der Waals surface area contributed by atoms with E-state index in [1.165, 1.54) is 12.3 Å². The number of carbonyl (C=O) groups excluding carboxylic acids is 2. The number of carbonyl (C=O) groups is 2. The molecule has 1 aliphatic heterocycles. The molecule has 0 radical (unpaired) electrons. The summed E-state index contributed by atoms with van der Waals surface area (Å²) >= 11 is 0. The van der Waals surface area contributed by atoms with E-state index in [-0.39, 0.29) is 41.3 Å². The van der Waals surface area contributed by atoms with Gasteiger partial charge in [-0.1, -0.05) is 18.2 Å². The van der Waals surface area contributed by atoms with Crippen molar-refractivity contribution in [3.63, 3.8) is 0 Å². The molecule has 10 heteroatoms. The van der Waals surface area contributed by atoms with Crippen molar-refractivity contribution >= 4 is 28.5 Å². The van der Waals surface area contributed by atoms with Gasteiger partial charge in [0, 0.05) is 5.56 Å². The molecule has 0 unspecified atom stereocenters. The summed E-state index contributed by atoms with van der Waals surface area (Å²) in [6.07, 6.45) is 1.20. The predicted molar refractivity (Wildman–Crippen MR) is 116 cm³/mol. The molecule has 0 bridgehead atoms. The van der Waals surface area contributed by atoms with Crippen LogP contribution in [0.2, 0.25) is 0 Å². The first kappa shape index (κ1) is 20.3. The van der Waals surface area contributed by atoms with E-state index >= 15 is 0 Å². The van der Waals surface area contributed by atoms with E-state index in [1.54, 1.807) is 49.4 Å². The van der Waals surface area contributed by atoms with Gasteiger partial charge in [0.25, 0.3) is 11.5 Å². The van der Waals surface area contributed by atoms with Crippen LogP contribution in [-0.2, 0) is 4.74 Å². The Hall–Kier alpha value is -4.60. The predicted octanol–water partition coefficient (Wildman–Crippen LogP) is 3.14. The Morgan fingerprint density at radius 3 is 2.70 bits per heavy atom. The van der Waals surface area contributed by atoms with E-state index in [0.717, 1.165) is 4.68 Å². The normalized spacial score (nSPS) is 12.0. The topological polar surface area (TPSA) is 122 Å². The second-order valence-electron chi connectivity index (χ2n) is 7.00. The van der Waals surface area contributed by atoms with Crippen LogP contribution in [0.1, 0.15) is 27.8 Å². The van der Waals surface area contributed by atoms with E-state index in [9.17, 15) is 14.4 Å². The van der Waals surface area contributed by atoms with Crippen molar-refractivity contribution in [2.75, 3.05) is 18.7 Å². The number of fused-ring (bicyclic) bond motifs is 2. The van der Waals surface area contributed by atoms with Crippen LogP contribution in [0.4, 0.5) is 5.88 Å². The fourth-order valence-corrected chi connectivity index (χ4v) is 3.45. The molecule has 0 saturated heterocycles. The maximum absolute atomic E-state index is 13.3. The summed E-state index contributed by atoms with van der Waals surface area (Å²) in [5.74, 6) is -0.403. The maximum Gasteiger partial charge on any atom is 0.359 e. The number of nitrogens with one attached hydrogen (secondary N) is 1. The molecule has 33 heavy (non-hydrogen) atoms. The Morgan fingerprint density at radius 2 is 1.91 bits per heavy atom. The van der Waals surface area contributed by atoms with Crippen molar-refractivity contribution in [2.45, 2.75) is 6.92 Å². The van der Waals surface area contributed by atoms with Gasteiger partial charge in [-0.05, 0) is 37.3 Å². The summed E-state index contributed by atoms with van der Waals surface area (Å²) in [4.78, 5) is 38.7. The average Bonchev–Trinajstić information content (AvgIpc) is 3.47. The molecule has 0 spiro atoms. The summed E-state index contributed by atoms with van der Waals surface area (Å²) in [5, 5.41) is 6.92. The van der Waals surface area contributed by atoms with Crippen molar-refractivity contribution in [3.05, 3.63) is 76.4 Å². The summed E-state index contributed by atoms with van der Waals surface area (Å²) in [6, 6.07) is 13.3. The SMILES string of the molecule is CCOC(=O)c1nn(-c2ccccc2)c(=O)c2c(NC(=O)c3ccc4c(c3)OCO4)occ12. The van der Waals surface area contributed by atoms with Crippen LogP contribution in [0.25, 0.3) is 16.5 Å². The van der Waals surface area contributed by atoms with Crippen LogP contribution in [0.15, 0.2) is 64.0 Å². The number of nitrogens with zero attached hydrogens (tertiary/aromatic N) is 2. The number of hydrogen-bond acceptors (Lipinski definition) is 8. The molecule has 0 fully saturated rings. The molecule has 1 N–H and O–H groups in total. The molecule has 0 aliphatic carbocycles. The molecular weight excluding hydrogens is 430 g/mol. The first-order chi connectivity index (χ1) is 16.1. The third-order valence-electron chi connectivity index (χ3n) is 4.98. The van der Waals surface area contributed by atoms with Crippen LogP contribution >= 0.6 is 0 Å². The second-order valence-corrected chi connectivity index (χ2v) is 7.00. The van der Waals surface area contributed by atoms with E-state index in [4.69, 9.17) is 18.6 Å². The first-order valence-electron chi connectivity index (χ1n) is 10.0. The Bertz CT molecular complexity index is 1440.